The van der Waals surface area contributed by atoms with Gasteiger partial charge >= 0.3 is 0 Å². The van der Waals surface area contributed by atoms with Crippen molar-refractivity contribution < 1.29 is 28.0 Å². The van der Waals surface area contributed by atoms with Crippen LogP contribution >= 0.6 is 0 Å². The van der Waals surface area contributed by atoms with Gasteiger partial charge in [-0.3, -0.25) is 24.5 Å². The van der Waals surface area contributed by atoms with Crippen molar-refractivity contribution in [1.82, 2.24) is 25.5 Å². The van der Waals surface area contributed by atoms with Crippen LogP contribution in [-0.4, -0.2) is 95.4 Å². The zero-order valence-corrected chi connectivity index (χ0v) is 33.4. The lowest BCUT2D eigenvalue weighted by Crippen LogP contribution is -2.52. The molecule has 1 saturated carbocycles. The Morgan fingerprint density at radius 3 is 2.31 bits per heavy atom. The van der Waals surface area contributed by atoms with Gasteiger partial charge in [0.25, 0.3) is 0 Å². The quantitative estimate of drug-likeness (QED) is 0.170. The van der Waals surface area contributed by atoms with Gasteiger partial charge in [-0.05, 0) is 95.0 Å². The van der Waals surface area contributed by atoms with Crippen LogP contribution in [0.2, 0.25) is 0 Å². The second-order valence-electron chi connectivity index (χ2n) is 16.0. The predicted octanol–water partition coefficient (Wildman–Crippen LogP) is 5.62. The van der Waals surface area contributed by atoms with Gasteiger partial charge in [-0.2, -0.15) is 0 Å². The summed E-state index contributed by atoms with van der Waals surface area (Å²) in [7, 11) is 0. The standard InChI is InChI=1S/C43H55F2N9O4/c1-3-39(56)54(4-2)33-7-5-6-28(24-33)40-35(45)26-46-43(51-40)49-29-10-8-27(9-11-29)41(57)48-30-16-20-52(21-17-30)32-18-22-53(23-19-32)37-14-12-31(25-34(37)44)47-36-13-15-38(55)50-42(36)58/h5-7,12,14,24-27,29-30,32,36,47H,3-4,8-11,13,15-23H2,1-2H3,(H,48,57)(H,46,49,51)(H,50,55,58). The summed E-state index contributed by atoms with van der Waals surface area (Å²) in [6.45, 7) is 7.56. The van der Waals surface area contributed by atoms with Crippen molar-refractivity contribution in [2.75, 3.05) is 53.2 Å². The van der Waals surface area contributed by atoms with Crippen LogP contribution in [0, 0.1) is 17.6 Å². The number of nitrogens with zero attached hydrogens (tertiary/aromatic N) is 5. The first-order valence-corrected chi connectivity index (χ1v) is 21.0. The molecule has 4 aliphatic rings. The summed E-state index contributed by atoms with van der Waals surface area (Å²) in [5, 5.41) is 12.1. The van der Waals surface area contributed by atoms with E-state index in [1.165, 1.54) is 12.3 Å². The Labute approximate surface area is 338 Å². The molecule has 13 nitrogen and oxygen atoms in total. The van der Waals surface area contributed by atoms with Crippen molar-refractivity contribution in [2.45, 2.75) is 109 Å². The maximum absolute atomic E-state index is 15.2. The number of hydrogen-bond donors (Lipinski definition) is 4. The highest BCUT2D eigenvalue weighted by atomic mass is 19.1. The summed E-state index contributed by atoms with van der Waals surface area (Å²) in [6, 6.07) is 12.2. The number of rotatable bonds is 12. The Morgan fingerprint density at radius 1 is 0.862 bits per heavy atom. The molecule has 7 rings (SSSR count). The number of likely N-dealkylation sites (tertiary alicyclic amines) is 1. The maximum Gasteiger partial charge on any atom is 0.249 e. The van der Waals surface area contributed by atoms with Crippen LogP contribution < -0.4 is 31.1 Å². The van der Waals surface area contributed by atoms with Gasteiger partial charge in [-0.1, -0.05) is 19.1 Å². The Kier molecular flexibility index (Phi) is 13.1. The van der Waals surface area contributed by atoms with Crippen LogP contribution in [0.5, 0.6) is 0 Å². The minimum Gasteiger partial charge on any atom is -0.374 e. The molecule has 2 aromatic carbocycles. The molecule has 4 amide bonds. The first-order valence-electron chi connectivity index (χ1n) is 21.0. The zero-order valence-electron chi connectivity index (χ0n) is 33.4. The molecule has 0 spiro atoms. The number of anilines is 4. The molecule has 310 valence electrons. The number of carbonyl (C=O) groups excluding carboxylic acids is 4. The van der Waals surface area contributed by atoms with Gasteiger partial charge in [-0.15, -0.1) is 0 Å². The third-order valence-electron chi connectivity index (χ3n) is 12.3. The van der Waals surface area contributed by atoms with E-state index in [-0.39, 0.29) is 59.6 Å². The lowest BCUT2D eigenvalue weighted by Gasteiger charge is -2.42. The SMILES string of the molecule is CCC(=O)N(CC)c1cccc(-c2nc(NC3CCC(C(=O)NC4CCN(C5CCN(c6ccc(NC7CCC(=O)NC7=O)cc6F)CC5)CC4)CC3)ncc2F)c1. The number of amides is 4. The summed E-state index contributed by atoms with van der Waals surface area (Å²) >= 11 is 0. The first-order chi connectivity index (χ1) is 28.1. The zero-order chi connectivity index (χ0) is 40.8. The molecule has 4 N–H and O–H groups in total. The molecule has 0 bridgehead atoms. The average molecular weight is 800 g/mol. The van der Waals surface area contributed by atoms with Crippen molar-refractivity contribution in [1.29, 1.82) is 0 Å². The smallest absolute Gasteiger partial charge is 0.249 e. The number of nitrogens with one attached hydrogen (secondary N) is 4. The molecule has 4 heterocycles. The molecular formula is C43H55F2N9O4. The van der Waals surface area contributed by atoms with Crippen molar-refractivity contribution in [2.24, 2.45) is 5.92 Å². The summed E-state index contributed by atoms with van der Waals surface area (Å²) in [6.07, 6.45) is 8.89. The Balaban J connectivity index is 0.825. The highest BCUT2D eigenvalue weighted by Crippen LogP contribution is 2.31. The Morgan fingerprint density at radius 2 is 1.62 bits per heavy atom. The number of carbonyl (C=O) groups is 4. The average Bonchev–Trinajstić information content (AvgIpc) is 3.23. The lowest BCUT2D eigenvalue weighted by molar-refractivity contribution is -0.133. The van der Waals surface area contributed by atoms with Gasteiger partial charge < -0.3 is 30.7 Å². The number of halogens is 2. The molecule has 4 fully saturated rings. The molecule has 1 unspecified atom stereocenters. The minimum absolute atomic E-state index is 0.00541. The highest BCUT2D eigenvalue weighted by Gasteiger charge is 2.33. The topological polar surface area (TPSA) is 152 Å². The fourth-order valence-electron chi connectivity index (χ4n) is 8.92. The fraction of sp³-hybridized carbons (Fsp3) is 0.535. The second-order valence-corrected chi connectivity index (χ2v) is 16.0. The molecule has 0 radical (unpaired) electrons. The molecule has 3 aliphatic heterocycles. The minimum atomic E-state index is -0.560. The fourth-order valence-corrected chi connectivity index (χ4v) is 8.92. The van der Waals surface area contributed by atoms with E-state index in [0.29, 0.717) is 54.0 Å². The van der Waals surface area contributed by atoms with Crippen molar-refractivity contribution >= 4 is 46.6 Å². The lowest BCUT2D eigenvalue weighted by atomic mass is 9.85. The summed E-state index contributed by atoms with van der Waals surface area (Å²) in [5.41, 5.74) is 2.51. The highest BCUT2D eigenvalue weighted by molar-refractivity contribution is 6.01. The van der Waals surface area contributed by atoms with E-state index in [4.69, 9.17) is 0 Å². The van der Waals surface area contributed by atoms with Crippen LogP contribution in [0.1, 0.15) is 84.5 Å². The normalized spacial score (nSPS) is 22.3. The third-order valence-corrected chi connectivity index (χ3v) is 12.3. The molecule has 1 aliphatic carbocycles. The second kappa shape index (κ2) is 18.6. The predicted molar refractivity (Wildman–Crippen MR) is 219 cm³/mol. The van der Waals surface area contributed by atoms with Gasteiger partial charge in [-0.25, -0.2) is 18.7 Å². The number of hydrogen-bond acceptors (Lipinski definition) is 10. The molecular weight excluding hydrogens is 745 g/mol. The van der Waals surface area contributed by atoms with Crippen LogP contribution in [-0.2, 0) is 19.2 Å². The van der Waals surface area contributed by atoms with Gasteiger partial charge in [0.15, 0.2) is 5.82 Å². The monoisotopic (exact) mass is 799 g/mol. The molecule has 15 heteroatoms. The van der Waals surface area contributed by atoms with Gasteiger partial charge in [0.2, 0.25) is 29.6 Å². The van der Waals surface area contributed by atoms with E-state index < -0.39 is 11.9 Å². The van der Waals surface area contributed by atoms with E-state index in [1.54, 1.807) is 35.2 Å². The van der Waals surface area contributed by atoms with E-state index in [9.17, 15) is 23.6 Å². The third kappa shape index (κ3) is 9.74. The number of benzene rings is 2. The van der Waals surface area contributed by atoms with Crippen LogP contribution in [0.15, 0.2) is 48.7 Å². The summed E-state index contributed by atoms with van der Waals surface area (Å²) in [4.78, 5) is 64.3. The van der Waals surface area contributed by atoms with Crippen LogP contribution in [0.3, 0.4) is 0 Å². The van der Waals surface area contributed by atoms with Crippen molar-refractivity contribution in [3.8, 4) is 11.3 Å². The van der Waals surface area contributed by atoms with Gasteiger partial charge in [0.1, 0.15) is 17.6 Å². The van der Waals surface area contributed by atoms with Gasteiger partial charge in [0, 0.05) is 86.5 Å². The Bertz CT molecular complexity index is 1960. The van der Waals surface area contributed by atoms with E-state index in [2.05, 4.69) is 41.0 Å². The van der Waals surface area contributed by atoms with Gasteiger partial charge in [0.05, 0.1) is 11.9 Å². The number of aromatic nitrogens is 2. The number of imide groups is 1. The first kappa shape index (κ1) is 41.0. The van der Waals surface area contributed by atoms with E-state index >= 15 is 4.39 Å². The largest absolute Gasteiger partial charge is 0.374 e. The van der Waals surface area contributed by atoms with Crippen LogP contribution in [0.4, 0.5) is 31.8 Å². The molecule has 1 aromatic heterocycles. The summed E-state index contributed by atoms with van der Waals surface area (Å²) < 4.78 is 30.2. The molecule has 3 aromatic rings. The maximum atomic E-state index is 15.2. The van der Waals surface area contributed by atoms with E-state index in [1.807, 2.05) is 19.9 Å². The van der Waals surface area contributed by atoms with Crippen molar-refractivity contribution in [3.63, 3.8) is 0 Å². The number of piperidine rings is 3. The van der Waals surface area contributed by atoms with Crippen molar-refractivity contribution in [3.05, 3.63) is 60.3 Å². The van der Waals surface area contributed by atoms with Crippen LogP contribution in [0.25, 0.3) is 11.3 Å². The molecule has 3 saturated heterocycles. The van der Waals surface area contributed by atoms with E-state index in [0.717, 1.165) is 77.5 Å². The Hall–Kier alpha value is -5.18. The summed E-state index contributed by atoms with van der Waals surface area (Å²) in [5.74, 6) is -1.15. The molecule has 1 atom stereocenters. The molecule has 58 heavy (non-hydrogen) atoms.